The smallest absolute Gasteiger partial charge is 0.325 e. The molecule has 1 aliphatic rings. The number of aromatic nitrogens is 2. The number of aliphatic carboxylic acids is 1. The Bertz CT molecular complexity index is 577. The molecule has 1 saturated carbocycles. The van der Waals surface area contributed by atoms with Crippen molar-refractivity contribution < 1.29 is 18.3 Å². The van der Waals surface area contributed by atoms with E-state index in [9.17, 15) is 13.2 Å². The van der Waals surface area contributed by atoms with Crippen LogP contribution < -0.4 is 0 Å². The van der Waals surface area contributed by atoms with Gasteiger partial charge in [0.15, 0.2) is 0 Å². The lowest BCUT2D eigenvalue weighted by molar-refractivity contribution is -0.137. The van der Waals surface area contributed by atoms with E-state index >= 15 is 0 Å². The first-order valence-corrected chi connectivity index (χ1v) is 7.48. The van der Waals surface area contributed by atoms with E-state index < -0.39 is 16.0 Å². The Morgan fingerprint density at radius 3 is 2.79 bits per heavy atom. The third-order valence-corrected chi connectivity index (χ3v) is 5.36. The third-order valence-electron chi connectivity index (χ3n) is 3.46. The maximum Gasteiger partial charge on any atom is 0.325 e. The van der Waals surface area contributed by atoms with Crippen LogP contribution in [0.25, 0.3) is 0 Å². The molecular formula is C11H17N3O4S. The first kappa shape index (κ1) is 14.0. The monoisotopic (exact) mass is 287 g/mol. The Balaban J connectivity index is 2.18. The highest BCUT2D eigenvalue weighted by atomic mass is 32.2. The molecule has 1 N–H and O–H groups in total. The molecule has 1 aromatic rings. The highest BCUT2D eigenvalue weighted by Gasteiger charge is 2.36. The molecule has 1 aliphatic carbocycles. The van der Waals surface area contributed by atoms with Crippen LogP contribution in [0.15, 0.2) is 17.3 Å². The summed E-state index contributed by atoms with van der Waals surface area (Å²) >= 11 is 0. The summed E-state index contributed by atoms with van der Waals surface area (Å²) in [5.74, 6) is -0.638. The summed E-state index contributed by atoms with van der Waals surface area (Å²) in [5, 5.41) is 12.4. The number of hydrogen-bond donors (Lipinski definition) is 1. The Kier molecular flexibility index (Phi) is 3.64. The van der Waals surface area contributed by atoms with Crippen molar-refractivity contribution in [3.05, 3.63) is 12.4 Å². The SMILES string of the molecule is CC(C1CC1)N(C)S(=O)(=O)c1cnn(CC(=O)O)c1. The summed E-state index contributed by atoms with van der Waals surface area (Å²) in [6.07, 6.45) is 4.55. The molecule has 0 aliphatic heterocycles. The predicted molar refractivity (Wildman–Crippen MR) is 67.0 cm³/mol. The van der Waals surface area contributed by atoms with Crippen LogP contribution in [0.2, 0.25) is 0 Å². The van der Waals surface area contributed by atoms with E-state index in [1.54, 1.807) is 7.05 Å². The molecule has 2 rings (SSSR count). The average Bonchev–Trinajstić information content (AvgIpc) is 3.07. The Morgan fingerprint density at radius 1 is 1.63 bits per heavy atom. The van der Waals surface area contributed by atoms with Crippen molar-refractivity contribution in [3.8, 4) is 0 Å². The molecule has 1 aromatic heterocycles. The lowest BCUT2D eigenvalue weighted by Gasteiger charge is -2.23. The predicted octanol–water partition coefficient (Wildman–Crippen LogP) is 0.387. The van der Waals surface area contributed by atoms with Crippen LogP contribution in [0.3, 0.4) is 0 Å². The van der Waals surface area contributed by atoms with Crippen molar-refractivity contribution in [2.45, 2.75) is 37.2 Å². The summed E-state index contributed by atoms with van der Waals surface area (Å²) in [7, 11) is -2.05. The van der Waals surface area contributed by atoms with E-state index in [0.717, 1.165) is 17.5 Å². The second kappa shape index (κ2) is 4.93. The number of sulfonamides is 1. The van der Waals surface area contributed by atoms with Crippen molar-refractivity contribution in [1.82, 2.24) is 14.1 Å². The zero-order valence-electron chi connectivity index (χ0n) is 10.9. The highest BCUT2D eigenvalue weighted by molar-refractivity contribution is 7.89. The molecule has 0 aromatic carbocycles. The first-order valence-electron chi connectivity index (χ1n) is 6.04. The topological polar surface area (TPSA) is 92.5 Å². The number of carboxylic acids is 1. The fourth-order valence-corrected chi connectivity index (χ4v) is 3.34. The lowest BCUT2D eigenvalue weighted by atomic mass is 10.2. The molecule has 0 saturated heterocycles. The van der Waals surface area contributed by atoms with Gasteiger partial charge in [-0.25, -0.2) is 8.42 Å². The molecule has 0 spiro atoms. The van der Waals surface area contributed by atoms with E-state index in [2.05, 4.69) is 5.10 Å². The van der Waals surface area contributed by atoms with Crippen LogP contribution in [0, 0.1) is 5.92 Å². The minimum Gasteiger partial charge on any atom is -0.480 e. The lowest BCUT2D eigenvalue weighted by Crippen LogP contribution is -2.36. The molecule has 0 bridgehead atoms. The minimum atomic E-state index is -3.60. The normalized spacial score (nSPS) is 17.6. The van der Waals surface area contributed by atoms with Gasteiger partial charge in [0.2, 0.25) is 10.0 Å². The zero-order valence-corrected chi connectivity index (χ0v) is 11.7. The molecule has 1 unspecified atom stereocenters. The van der Waals surface area contributed by atoms with Gasteiger partial charge in [-0.05, 0) is 25.7 Å². The van der Waals surface area contributed by atoms with Gasteiger partial charge < -0.3 is 5.11 Å². The van der Waals surface area contributed by atoms with Gasteiger partial charge in [0.1, 0.15) is 11.4 Å². The molecular weight excluding hydrogens is 270 g/mol. The second-order valence-corrected chi connectivity index (χ2v) is 6.86. The molecule has 106 valence electrons. The summed E-state index contributed by atoms with van der Waals surface area (Å²) in [6, 6.07) is -0.0483. The van der Waals surface area contributed by atoms with E-state index in [0.29, 0.717) is 5.92 Å². The van der Waals surface area contributed by atoms with Crippen LogP contribution in [0.5, 0.6) is 0 Å². The second-order valence-electron chi connectivity index (χ2n) is 4.87. The fraction of sp³-hybridized carbons (Fsp3) is 0.636. The maximum absolute atomic E-state index is 12.3. The van der Waals surface area contributed by atoms with E-state index in [1.807, 2.05) is 6.92 Å². The number of carboxylic acid groups (broad SMARTS) is 1. The number of rotatable bonds is 6. The van der Waals surface area contributed by atoms with Gasteiger partial charge in [0.25, 0.3) is 0 Å². The number of nitrogens with zero attached hydrogens (tertiary/aromatic N) is 3. The Hall–Kier alpha value is -1.41. The van der Waals surface area contributed by atoms with Gasteiger partial charge in [0, 0.05) is 19.3 Å². The molecule has 1 fully saturated rings. The van der Waals surface area contributed by atoms with Crippen molar-refractivity contribution in [3.63, 3.8) is 0 Å². The number of hydrogen-bond acceptors (Lipinski definition) is 4. The summed E-state index contributed by atoms with van der Waals surface area (Å²) in [4.78, 5) is 10.6. The van der Waals surface area contributed by atoms with E-state index in [1.165, 1.54) is 16.7 Å². The van der Waals surface area contributed by atoms with Crippen LogP contribution in [-0.4, -0.2) is 46.7 Å². The first-order chi connectivity index (χ1) is 8.82. The molecule has 8 heteroatoms. The van der Waals surface area contributed by atoms with Crippen LogP contribution in [0.1, 0.15) is 19.8 Å². The molecule has 0 amide bonds. The largest absolute Gasteiger partial charge is 0.480 e. The van der Waals surface area contributed by atoms with E-state index in [4.69, 9.17) is 5.11 Å². The molecule has 1 atom stereocenters. The van der Waals surface area contributed by atoms with Crippen molar-refractivity contribution in [2.75, 3.05) is 7.05 Å². The third kappa shape index (κ3) is 2.95. The average molecular weight is 287 g/mol. The Morgan fingerprint density at radius 2 is 2.26 bits per heavy atom. The molecule has 19 heavy (non-hydrogen) atoms. The van der Waals surface area contributed by atoms with Gasteiger partial charge in [-0.1, -0.05) is 0 Å². The van der Waals surface area contributed by atoms with Gasteiger partial charge in [-0.15, -0.1) is 0 Å². The highest BCUT2D eigenvalue weighted by Crippen LogP contribution is 2.36. The molecule has 7 nitrogen and oxygen atoms in total. The van der Waals surface area contributed by atoms with Crippen LogP contribution >= 0.6 is 0 Å². The van der Waals surface area contributed by atoms with E-state index in [-0.39, 0.29) is 17.5 Å². The quantitative estimate of drug-likeness (QED) is 0.817. The summed E-state index contributed by atoms with van der Waals surface area (Å²) < 4.78 is 27.1. The van der Waals surface area contributed by atoms with Crippen molar-refractivity contribution in [1.29, 1.82) is 0 Å². The number of carbonyl (C=O) groups is 1. The van der Waals surface area contributed by atoms with Gasteiger partial charge in [0.05, 0.1) is 6.20 Å². The van der Waals surface area contributed by atoms with Crippen molar-refractivity contribution >= 4 is 16.0 Å². The molecule has 0 radical (unpaired) electrons. The van der Waals surface area contributed by atoms with Gasteiger partial charge >= 0.3 is 5.97 Å². The summed E-state index contributed by atoms with van der Waals surface area (Å²) in [5.41, 5.74) is 0. The van der Waals surface area contributed by atoms with Crippen LogP contribution in [-0.2, 0) is 21.4 Å². The maximum atomic E-state index is 12.3. The summed E-state index contributed by atoms with van der Waals surface area (Å²) in [6.45, 7) is 1.54. The minimum absolute atomic E-state index is 0.0313. The standard InChI is InChI=1S/C11H17N3O4S/c1-8(9-3-4-9)13(2)19(17,18)10-5-12-14(6-10)7-11(15)16/h5-6,8-9H,3-4,7H2,1-2H3,(H,15,16). The zero-order chi connectivity index (χ0) is 14.2. The Labute approximate surface area is 111 Å². The van der Waals surface area contributed by atoms with Gasteiger partial charge in [-0.2, -0.15) is 9.40 Å². The van der Waals surface area contributed by atoms with Gasteiger partial charge in [-0.3, -0.25) is 9.48 Å². The fourth-order valence-electron chi connectivity index (χ4n) is 1.96. The molecule has 1 heterocycles. The van der Waals surface area contributed by atoms with Crippen molar-refractivity contribution in [2.24, 2.45) is 5.92 Å². The van der Waals surface area contributed by atoms with Crippen LogP contribution in [0.4, 0.5) is 0 Å².